The number of anilines is 1. The lowest BCUT2D eigenvalue weighted by Gasteiger charge is -2.22. The van der Waals surface area contributed by atoms with E-state index in [0.717, 1.165) is 29.9 Å². The molecule has 0 aromatic heterocycles. The van der Waals surface area contributed by atoms with Gasteiger partial charge in [0.05, 0.1) is 5.69 Å². The Labute approximate surface area is 127 Å². The third-order valence-electron chi connectivity index (χ3n) is 3.57. The Morgan fingerprint density at radius 3 is 2.52 bits per heavy atom. The zero-order valence-electron chi connectivity index (χ0n) is 13.0. The SMILES string of the molecule is CCc1cccc(N(CC)C(N)=Nc2ccccc2C)c1. The summed E-state index contributed by atoms with van der Waals surface area (Å²) in [4.78, 5) is 6.62. The van der Waals surface area contributed by atoms with Crippen LogP contribution in [-0.2, 0) is 6.42 Å². The summed E-state index contributed by atoms with van der Waals surface area (Å²) in [6.45, 7) is 7.06. The van der Waals surface area contributed by atoms with Gasteiger partial charge >= 0.3 is 0 Å². The number of hydrogen-bond donors (Lipinski definition) is 1. The molecule has 0 radical (unpaired) electrons. The molecule has 2 aromatic carbocycles. The number of para-hydroxylation sites is 1. The highest BCUT2D eigenvalue weighted by Crippen LogP contribution is 2.20. The second kappa shape index (κ2) is 6.93. The summed E-state index contributed by atoms with van der Waals surface area (Å²) in [5.41, 5.74) is 10.7. The minimum atomic E-state index is 0.528. The van der Waals surface area contributed by atoms with Crippen LogP contribution in [0.5, 0.6) is 0 Å². The molecule has 0 aliphatic carbocycles. The van der Waals surface area contributed by atoms with Crippen LogP contribution in [0.1, 0.15) is 25.0 Å². The van der Waals surface area contributed by atoms with Crippen molar-refractivity contribution in [3.63, 3.8) is 0 Å². The van der Waals surface area contributed by atoms with Crippen molar-refractivity contribution in [3.05, 3.63) is 59.7 Å². The molecule has 0 bridgehead atoms. The normalized spacial score (nSPS) is 11.5. The lowest BCUT2D eigenvalue weighted by Crippen LogP contribution is -2.37. The van der Waals surface area contributed by atoms with Crippen molar-refractivity contribution in [2.45, 2.75) is 27.2 Å². The highest BCUT2D eigenvalue weighted by atomic mass is 15.3. The summed E-state index contributed by atoms with van der Waals surface area (Å²) in [5.74, 6) is 0.528. The summed E-state index contributed by atoms with van der Waals surface area (Å²) in [5, 5.41) is 0. The molecule has 21 heavy (non-hydrogen) atoms. The lowest BCUT2D eigenvalue weighted by atomic mass is 10.1. The van der Waals surface area contributed by atoms with E-state index in [1.807, 2.05) is 36.1 Å². The topological polar surface area (TPSA) is 41.6 Å². The minimum absolute atomic E-state index is 0.528. The summed E-state index contributed by atoms with van der Waals surface area (Å²) in [6, 6.07) is 16.5. The molecule has 0 aliphatic heterocycles. The summed E-state index contributed by atoms with van der Waals surface area (Å²) < 4.78 is 0. The number of guanidine groups is 1. The number of aryl methyl sites for hydroxylation is 2. The average molecular weight is 281 g/mol. The molecular formula is C18H23N3. The number of nitrogens with two attached hydrogens (primary N) is 1. The van der Waals surface area contributed by atoms with Crippen LogP contribution in [0.15, 0.2) is 53.5 Å². The number of rotatable bonds is 4. The lowest BCUT2D eigenvalue weighted by molar-refractivity contribution is 1.03. The van der Waals surface area contributed by atoms with Gasteiger partial charge in [0.15, 0.2) is 0 Å². The van der Waals surface area contributed by atoms with Gasteiger partial charge in [-0.25, -0.2) is 4.99 Å². The molecule has 2 rings (SSSR count). The van der Waals surface area contributed by atoms with Gasteiger partial charge in [0, 0.05) is 12.2 Å². The number of nitrogens with zero attached hydrogens (tertiary/aromatic N) is 2. The van der Waals surface area contributed by atoms with Gasteiger partial charge in [-0.15, -0.1) is 0 Å². The van der Waals surface area contributed by atoms with Crippen LogP contribution in [0.3, 0.4) is 0 Å². The van der Waals surface area contributed by atoms with E-state index in [1.54, 1.807) is 0 Å². The minimum Gasteiger partial charge on any atom is -0.369 e. The van der Waals surface area contributed by atoms with Gasteiger partial charge in [-0.1, -0.05) is 37.3 Å². The summed E-state index contributed by atoms with van der Waals surface area (Å²) in [6.07, 6.45) is 1.01. The molecule has 0 amide bonds. The van der Waals surface area contributed by atoms with Crippen molar-refractivity contribution in [2.24, 2.45) is 10.7 Å². The van der Waals surface area contributed by atoms with Gasteiger partial charge in [0.2, 0.25) is 5.96 Å². The first-order chi connectivity index (χ1) is 10.2. The first-order valence-electron chi connectivity index (χ1n) is 7.42. The third kappa shape index (κ3) is 3.63. The molecule has 0 atom stereocenters. The third-order valence-corrected chi connectivity index (χ3v) is 3.57. The zero-order chi connectivity index (χ0) is 15.2. The van der Waals surface area contributed by atoms with Gasteiger partial charge in [-0.3, -0.25) is 0 Å². The average Bonchev–Trinajstić information content (AvgIpc) is 2.50. The fraction of sp³-hybridized carbons (Fsp3) is 0.278. The molecule has 110 valence electrons. The Morgan fingerprint density at radius 2 is 1.86 bits per heavy atom. The van der Waals surface area contributed by atoms with Crippen molar-refractivity contribution in [3.8, 4) is 0 Å². The highest BCUT2D eigenvalue weighted by Gasteiger charge is 2.09. The molecule has 0 saturated heterocycles. The van der Waals surface area contributed by atoms with E-state index in [2.05, 4.69) is 43.1 Å². The van der Waals surface area contributed by atoms with Crippen molar-refractivity contribution in [1.82, 2.24) is 0 Å². The van der Waals surface area contributed by atoms with E-state index in [-0.39, 0.29) is 0 Å². The van der Waals surface area contributed by atoms with Crippen LogP contribution in [0.2, 0.25) is 0 Å². The van der Waals surface area contributed by atoms with E-state index in [9.17, 15) is 0 Å². The van der Waals surface area contributed by atoms with Crippen LogP contribution in [-0.4, -0.2) is 12.5 Å². The Hall–Kier alpha value is -2.29. The molecule has 3 heteroatoms. The molecule has 0 spiro atoms. The Bertz CT molecular complexity index is 632. The van der Waals surface area contributed by atoms with Crippen molar-refractivity contribution < 1.29 is 0 Å². The van der Waals surface area contributed by atoms with Crippen LogP contribution < -0.4 is 10.6 Å². The van der Waals surface area contributed by atoms with Gasteiger partial charge in [0.25, 0.3) is 0 Å². The van der Waals surface area contributed by atoms with Crippen LogP contribution in [0.4, 0.5) is 11.4 Å². The Morgan fingerprint density at radius 1 is 1.10 bits per heavy atom. The maximum atomic E-state index is 6.23. The van der Waals surface area contributed by atoms with Gasteiger partial charge in [-0.05, 0) is 49.6 Å². The first-order valence-corrected chi connectivity index (χ1v) is 7.42. The Balaban J connectivity index is 2.34. The quantitative estimate of drug-likeness (QED) is 0.679. The van der Waals surface area contributed by atoms with E-state index in [0.29, 0.717) is 5.96 Å². The van der Waals surface area contributed by atoms with Gasteiger partial charge in [0.1, 0.15) is 0 Å². The van der Waals surface area contributed by atoms with Crippen LogP contribution in [0.25, 0.3) is 0 Å². The molecule has 2 aromatic rings. The molecule has 3 nitrogen and oxygen atoms in total. The van der Waals surface area contributed by atoms with Crippen LogP contribution in [0, 0.1) is 6.92 Å². The van der Waals surface area contributed by atoms with E-state index in [1.165, 1.54) is 5.56 Å². The maximum Gasteiger partial charge on any atom is 0.201 e. The fourth-order valence-electron chi connectivity index (χ4n) is 2.29. The predicted octanol–water partition coefficient (Wildman–Crippen LogP) is 4.03. The van der Waals surface area contributed by atoms with E-state index >= 15 is 0 Å². The molecular weight excluding hydrogens is 258 g/mol. The number of benzene rings is 2. The van der Waals surface area contributed by atoms with Crippen molar-refractivity contribution in [2.75, 3.05) is 11.4 Å². The molecule has 0 heterocycles. The van der Waals surface area contributed by atoms with E-state index in [4.69, 9.17) is 5.73 Å². The first kappa shape index (κ1) is 15.1. The van der Waals surface area contributed by atoms with E-state index < -0.39 is 0 Å². The largest absolute Gasteiger partial charge is 0.369 e. The molecule has 0 saturated carbocycles. The molecule has 0 fully saturated rings. The summed E-state index contributed by atoms with van der Waals surface area (Å²) >= 11 is 0. The highest BCUT2D eigenvalue weighted by molar-refractivity contribution is 5.96. The monoisotopic (exact) mass is 281 g/mol. The standard InChI is InChI=1S/C18H23N3/c1-4-15-10-8-11-16(13-15)21(5-2)18(19)20-17-12-7-6-9-14(17)3/h6-13H,4-5H2,1-3H3,(H2,19,20). The molecule has 2 N–H and O–H groups in total. The number of hydrogen-bond acceptors (Lipinski definition) is 1. The van der Waals surface area contributed by atoms with Gasteiger partial charge in [-0.2, -0.15) is 0 Å². The van der Waals surface area contributed by atoms with Gasteiger partial charge < -0.3 is 10.6 Å². The Kier molecular flexibility index (Phi) is 4.99. The maximum absolute atomic E-state index is 6.23. The summed E-state index contributed by atoms with van der Waals surface area (Å²) in [7, 11) is 0. The fourth-order valence-corrected chi connectivity index (χ4v) is 2.29. The zero-order valence-corrected chi connectivity index (χ0v) is 13.0. The smallest absolute Gasteiger partial charge is 0.201 e. The van der Waals surface area contributed by atoms with Crippen molar-refractivity contribution in [1.29, 1.82) is 0 Å². The van der Waals surface area contributed by atoms with Crippen LogP contribution >= 0.6 is 0 Å². The number of aliphatic imine (C=N–C) groups is 1. The predicted molar refractivity (Wildman–Crippen MR) is 91.3 cm³/mol. The molecule has 0 unspecified atom stereocenters. The molecule has 0 aliphatic rings. The second-order valence-corrected chi connectivity index (χ2v) is 5.02. The second-order valence-electron chi connectivity index (χ2n) is 5.02. The van der Waals surface area contributed by atoms with Crippen molar-refractivity contribution >= 4 is 17.3 Å².